The van der Waals surface area contributed by atoms with E-state index in [2.05, 4.69) is 27.9 Å². The SMILES string of the molecule is CC[C@@H](C)NC(=O)[C@H](C)N(Cc1ccc(C)cc1)C(=O)CN(c1ccc(I)cc1)S(C)(=O)=O. The third kappa shape index (κ3) is 7.99. The Morgan fingerprint density at radius 3 is 2.12 bits per heavy atom. The van der Waals surface area contributed by atoms with Crippen LogP contribution in [0.25, 0.3) is 0 Å². The van der Waals surface area contributed by atoms with Crippen LogP contribution in [0.4, 0.5) is 5.69 Å². The number of amides is 2. The smallest absolute Gasteiger partial charge is 0.244 e. The van der Waals surface area contributed by atoms with E-state index in [0.717, 1.165) is 31.7 Å². The number of halogens is 1. The summed E-state index contributed by atoms with van der Waals surface area (Å²) in [6.45, 7) is 7.30. The molecular formula is C24H32IN3O4S. The fourth-order valence-electron chi connectivity index (χ4n) is 3.16. The molecule has 2 aromatic carbocycles. The quantitative estimate of drug-likeness (QED) is 0.431. The van der Waals surface area contributed by atoms with Crippen molar-refractivity contribution in [3.05, 3.63) is 63.2 Å². The van der Waals surface area contributed by atoms with Gasteiger partial charge in [-0.25, -0.2) is 8.42 Å². The lowest BCUT2D eigenvalue weighted by Gasteiger charge is -2.32. The maximum Gasteiger partial charge on any atom is 0.244 e. The molecular weight excluding hydrogens is 553 g/mol. The molecule has 2 aromatic rings. The van der Waals surface area contributed by atoms with Gasteiger partial charge in [-0.05, 0) is 79.6 Å². The molecule has 0 radical (unpaired) electrons. The molecule has 7 nitrogen and oxygen atoms in total. The number of carbonyl (C=O) groups excluding carboxylic acids is 2. The van der Waals surface area contributed by atoms with Gasteiger partial charge in [0.25, 0.3) is 0 Å². The molecule has 0 heterocycles. The molecule has 2 amide bonds. The molecule has 9 heteroatoms. The summed E-state index contributed by atoms with van der Waals surface area (Å²) in [6, 6.07) is 13.8. The molecule has 0 aliphatic carbocycles. The molecule has 0 fully saturated rings. The number of nitrogens with one attached hydrogen (secondary N) is 1. The van der Waals surface area contributed by atoms with Gasteiger partial charge < -0.3 is 10.2 Å². The predicted molar refractivity (Wildman–Crippen MR) is 140 cm³/mol. The van der Waals surface area contributed by atoms with Crippen LogP contribution in [0.5, 0.6) is 0 Å². The summed E-state index contributed by atoms with van der Waals surface area (Å²) in [5, 5.41) is 2.92. The summed E-state index contributed by atoms with van der Waals surface area (Å²) >= 11 is 2.13. The Morgan fingerprint density at radius 1 is 1.03 bits per heavy atom. The zero-order valence-electron chi connectivity index (χ0n) is 19.7. The first-order valence-corrected chi connectivity index (χ1v) is 13.7. The summed E-state index contributed by atoms with van der Waals surface area (Å²) in [4.78, 5) is 27.7. The fourth-order valence-corrected chi connectivity index (χ4v) is 4.37. The highest BCUT2D eigenvalue weighted by Crippen LogP contribution is 2.20. The van der Waals surface area contributed by atoms with Crippen molar-refractivity contribution >= 4 is 50.1 Å². The number of anilines is 1. The lowest BCUT2D eigenvalue weighted by atomic mass is 10.1. The number of nitrogens with zero attached hydrogens (tertiary/aromatic N) is 2. The largest absolute Gasteiger partial charge is 0.352 e. The predicted octanol–water partition coefficient (Wildman–Crippen LogP) is 3.70. The maximum atomic E-state index is 13.5. The maximum absolute atomic E-state index is 13.5. The van der Waals surface area contributed by atoms with Gasteiger partial charge in [-0.3, -0.25) is 13.9 Å². The Bertz CT molecular complexity index is 1060. The first-order valence-electron chi connectivity index (χ1n) is 10.8. The summed E-state index contributed by atoms with van der Waals surface area (Å²) in [7, 11) is -3.72. The molecule has 0 bridgehead atoms. The molecule has 0 saturated heterocycles. The third-order valence-electron chi connectivity index (χ3n) is 5.44. The Hall–Kier alpha value is -2.14. The summed E-state index contributed by atoms with van der Waals surface area (Å²) < 4.78 is 27.1. The van der Waals surface area contributed by atoms with Crippen molar-refractivity contribution in [1.29, 1.82) is 0 Å². The normalized spacial score (nSPS) is 13.2. The van der Waals surface area contributed by atoms with Crippen LogP contribution in [-0.4, -0.2) is 50.0 Å². The number of hydrogen-bond donors (Lipinski definition) is 1. The van der Waals surface area contributed by atoms with Crippen LogP contribution < -0.4 is 9.62 Å². The average molecular weight is 586 g/mol. The first kappa shape index (κ1) is 27.1. The van der Waals surface area contributed by atoms with Gasteiger partial charge in [0, 0.05) is 16.2 Å². The van der Waals surface area contributed by atoms with Crippen LogP contribution in [0, 0.1) is 10.5 Å². The van der Waals surface area contributed by atoms with Crippen LogP contribution >= 0.6 is 22.6 Å². The average Bonchev–Trinajstić information content (AvgIpc) is 2.76. The highest BCUT2D eigenvalue weighted by Gasteiger charge is 2.30. The van der Waals surface area contributed by atoms with E-state index in [1.54, 1.807) is 31.2 Å². The molecule has 2 atom stereocenters. The van der Waals surface area contributed by atoms with Crippen molar-refractivity contribution in [2.75, 3.05) is 17.1 Å². The van der Waals surface area contributed by atoms with E-state index in [9.17, 15) is 18.0 Å². The molecule has 0 aliphatic heterocycles. The fraction of sp³-hybridized carbons (Fsp3) is 0.417. The highest BCUT2D eigenvalue weighted by atomic mass is 127. The minimum absolute atomic E-state index is 0.0319. The van der Waals surface area contributed by atoms with Crippen molar-refractivity contribution in [2.45, 2.75) is 52.7 Å². The molecule has 33 heavy (non-hydrogen) atoms. The molecule has 0 aromatic heterocycles. The van der Waals surface area contributed by atoms with Crippen LogP contribution in [0.2, 0.25) is 0 Å². The number of rotatable bonds is 10. The summed E-state index contributed by atoms with van der Waals surface area (Å²) in [5.74, 6) is -0.726. The molecule has 0 saturated carbocycles. The number of benzene rings is 2. The minimum Gasteiger partial charge on any atom is -0.352 e. The number of carbonyl (C=O) groups is 2. The van der Waals surface area contributed by atoms with Crippen molar-refractivity contribution in [1.82, 2.24) is 10.2 Å². The van der Waals surface area contributed by atoms with Crippen LogP contribution in [0.3, 0.4) is 0 Å². The van der Waals surface area contributed by atoms with Gasteiger partial charge >= 0.3 is 0 Å². The Labute approximate surface area is 210 Å². The van der Waals surface area contributed by atoms with Crippen molar-refractivity contribution in [3.63, 3.8) is 0 Å². The van der Waals surface area contributed by atoms with E-state index in [0.29, 0.717) is 5.69 Å². The van der Waals surface area contributed by atoms with E-state index in [4.69, 9.17) is 0 Å². The van der Waals surface area contributed by atoms with Crippen LogP contribution in [0.15, 0.2) is 48.5 Å². The Kier molecular flexibility index (Phi) is 9.71. The van der Waals surface area contributed by atoms with E-state index in [1.807, 2.05) is 45.0 Å². The summed E-state index contributed by atoms with van der Waals surface area (Å²) in [5.41, 5.74) is 2.34. The number of aryl methyl sites for hydroxylation is 1. The molecule has 0 unspecified atom stereocenters. The van der Waals surface area contributed by atoms with Crippen LogP contribution in [0.1, 0.15) is 38.3 Å². The van der Waals surface area contributed by atoms with Gasteiger partial charge in [0.15, 0.2) is 0 Å². The number of hydrogen-bond acceptors (Lipinski definition) is 4. The molecule has 1 N–H and O–H groups in total. The molecule has 2 rings (SSSR count). The zero-order chi connectivity index (χ0) is 24.8. The standard InChI is InChI=1S/C24H32IN3O4S/c1-6-18(3)26-24(30)19(4)27(15-20-9-7-17(2)8-10-20)23(29)16-28(33(5,31)32)22-13-11-21(25)12-14-22/h7-14,18-19H,6,15-16H2,1-5H3,(H,26,30)/t18-,19+/m1/s1. The van der Waals surface area contributed by atoms with Crippen molar-refractivity contribution in [2.24, 2.45) is 0 Å². The van der Waals surface area contributed by atoms with Crippen molar-refractivity contribution < 1.29 is 18.0 Å². The van der Waals surface area contributed by atoms with Gasteiger partial charge in [-0.15, -0.1) is 0 Å². The van der Waals surface area contributed by atoms with Gasteiger partial charge in [-0.1, -0.05) is 36.8 Å². The van der Waals surface area contributed by atoms with E-state index < -0.39 is 28.5 Å². The van der Waals surface area contributed by atoms with E-state index in [-0.39, 0.29) is 18.5 Å². The number of sulfonamides is 1. The second-order valence-electron chi connectivity index (χ2n) is 8.25. The Morgan fingerprint density at radius 2 is 1.61 bits per heavy atom. The second-order valence-corrected chi connectivity index (χ2v) is 11.4. The van der Waals surface area contributed by atoms with Crippen molar-refractivity contribution in [3.8, 4) is 0 Å². The molecule has 180 valence electrons. The second kappa shape index (κ2) is 11.8. The lowest BCUT2D eigenvalue weighted by Crippen LogP contribution is -2.52. The summed E-state index contributed by atoms with van der Waals surface area (Å²) in [6.07, 6.45) is 1.83. The van der Waals surface area contributed by atoms with Gasteiger partial charge in [0.2, 0.25) is 21.8 Å². The lowest BCUT2D eigenvalue weighted by molar-refractivity contribution is -0.139. The monoisotopic (exact) mass is 585 g/mol. The highest BCUT2D eigenvalue weighted by molar-refractivity contribution is 14.1. The van der Waals surface area contributed by atoms with Gasteiger partial charge in [-0.2, -0.15) is 0 Å². The van der Waals surface area contributed by atoms with Gasteiger partial charge in [0.1, 0.15) is 12.6 Å². The minimum atomic E-state index is -3.72. The molecule has 0 aliphatic rings. The van der Waals surface area contributed by atoms with E-state index in [1.165, 1.54) is 4.90 Å². The van der Waals surface area contributed by atoms with Gasteiger partial charge in [0.05, 0.1) is 11.9 Å². The Balaban J connectivity index is 2.36. The first-order chi connectivity index (χ1) is 15.4. The third-order valence-corrected chi connectivity index (χ3v) is 7.30. The van der Waals surface area contributed by atoms with E-state index >= 15 is 0 Å². The van der Waals surface area contributed by atoms with Crippen LogP contribution in [-0.2, 0) is 26.2 Å². The zero-order valence-corrected chi connectivity index (χ0v) is 22.7. The topological polar surface area (TPSA) is 86.8 Å². The molecule has 0 spiro atoms.